The summed E-state index contributed by atoms with van der Waals surface area (Å²) in [6.07, 6.45) is 9.30. The Bertz CT molecular complexity index is 1040. The third-order valence-corrected chi connectivity index (χ3v) is 7.01. The predicted octanol–water partition coefficient (Wildman–Crippen LogP) is 8.59. The fourth-order valence-corrected chi connectivity index (χ4v) is 5.31. The van der Waals surface area contributed by atoms with Crippen LogP contribution in [0.25, 0.3) is 5.57 Å². The van der Waals surface area contributed by atoms with Gasteiger partial charge in [-0.2, -0.15) is 0 Å². The standard InChI is InChI=1S/C26H30F2N2.C2H6.H2/c1-5-8-18(9-6-2)26(4)16(3)30-25-22(26)12-17(13-23(25)28)20-10-7-11-24-21(20)14-19(27)15-29-24;1-2;/h10,12-15,18H,5-9,11H2,1-4H3;1-2H3;1H. The molecule has 1 aromatic heterocycles. The summed E-state index contributed by atoms with van der Waals surface area (Å²) < 4.78 is 29.2. The molecule has 1 aliphatic heterocycles. The molecule has 0 bridgehead atoms. The third kappa shape index (κ3) is 4.16. The molecular formula is C28H38F2N2. The maximum atomic E-state index is 15.3. The van der Waals surface area contributed by atoms with Crippen molar-refractivity contribution in [3.05, 3.63) is 64.5 Å². The van der Waals surface area contributed by atoms with Crippen molar-refractivity contribution >= 4 is 17.0 Å². The number of aromatic nitrogens is 1. The van der Waals surface area contributed by atoms with Crippen molar-refractivity contribution in [1.29, 1.82) is 0 Å². The summed E-state index contributed by atoms with van der Waals surface area (Å²) >= 11 is 0. The van der Waals surface area contributed by atoms with Gasteiger partial charge in [0.25, 0.3) is 0 Å². The third-order valence-electron chi connectivity index (χ3n) is 7.01. The van der Waals surface area contributed by atoms with Crippen LogP contribution in [-0.2, 0) is 11.8 Å². The molecule has 0 radical (unpaired) electrons. The number of halogens is 2. The van der Waals surface area contributed by atoms with E-state index in [0.29, 0.717) is 11.6 Å². The van der Waals surface area contributed by atoms with Crippen LogP contribution in [0.15, 0.2) is 35.5 Å². The first-order chi connectivity index (χ1) is 15.4. The highest BCUT2D eigenvalue weighted by Gasteiger charge is 2.44. The molecule has 2 aliphatic rings. The van der Waals surface area contributed by atoms with Gasteiger partial charge in [-0.3, -0.25) is 9.98 Å². The predicted molar refractivity (Wildman–Crippen MR) is 133 cm³/mol. The summed E-state index contributed by atoms with van der Waals surface area (Å²) in [4.78, 5) is 8.96. The van der Waals surface area contributed by atoms with Crippen molar-refractivity contribution in [2.45, 2.75) is 85.5 Å². The van der Waals surface area contributed by atoms with Gasteiger partial charge in [0.15, 0.2) is 0 Å². The number of benzene rings is 1. The van der Waals surface area contributed by atoms with Gasteiger partial charge in [-0.15, -0.1) is 0 Å². The Morgan fingerprint density at radius 1 is 1.09 bits per heavy atom. The molecule has 1 aliphatic carbocycles. The summed E-state index contributed by atoms with van der Waals surface area (Å²) in [6, 6.07) is 5.18. The topological polar surface area (TPSA) is 25.2 Å². The highest BCUT2D eigenvalue weighted by Crippen LogP contribution is 2.50. The largest absolute Gasteiger partial charge is 0.258 e. The number of aryl methyl sites for hydroxylation is 1. The van der Waals surface area contributed by atoms with Gasteiger partial charge in [0.2, 0.25) is 0 Å². The van der Waals surface area contributed by atoms with Crippen LogP contribution < -0.4 is 0 Å². The highest BCUT2D eigenvalue weighted by molar-refractivity contribution is 6.01. The van der Waals surface area contributed by atoms with Crippen LogP contribution in [0.4, 0.5) is 14.5 Å². The summed E-state index contributed by atoms with van der Waals surface area (Å²) in [5.74, 6) is -0.244. The Hall–Kier alpha value is -2.36. The van der Waals surface area contributed by atoms with Crippen molar-refractivity contribution in [3.63, 3.8) is 0 Å². The van der Waals surface area contributed by atoms with E-state index in [1.54, 1.807) is 6.07 Å². The lowest BCUT2D eigenvalue weighted by Gasteiger charge is -2.36. The van der Waals surface area contributed by atoms with E-state index >= 15 is 4.39 Å². The maximum absolute atomic E-state index is 15.3. The Morgan fingerprint density at radius 2 is 1.78 bits per heavy atom. The molecule has 1 atom stereocenters. The van der Waals surface area contributed by atoms with Crippen LogP contribution in [0, 0.1) is 17.6 Å². The van der Waals surface area contributed by atoms with Gasteiger partial charge in [-0.25, -0.2) is 8.78 Å². The fraction of sp³-hybridized carbons (Fsp3) is 0.500. The van der Waals surface area contributed by atoms with E-state index in [-0.39, 0.29) is 18.5 Å². The molecule has 174 valence electrons. The van der Waals surface area contributed by atoms with Crippen molar-refractivity contribution < 1.29 is 10.2 Å². The normalized spacial score (nSPS) is 19.0. The Morgan fingerprint density at radius 3 is 2.44 bits per heavy atom. The summed E-state index contributed by atoms with van der Waals surface area (Å²) in [5.41, 5.74) is 5.48. The van der Waals surface area contributed by atoms with Crippen molar-refractivity contribution in [2.24, 2.45) is 10.9 Å². The fourth-order valence-electron chi connectivity index (χ4n) is 5.31. The van der Waals surface area contributed by atoms with E-state index in [2.05, 4.69) is 42.9 Å². The van der Waals surface area contributed by atoms with E-state index < -0.39 is 0 Å². The van der Waals surface area contributed by atoms with Gasteiger partial charge in [-0.1, -0.05) is 46.6 Å². The summed E-state index contributed by atoms with van der Waals surface area (Å²) in [6.45, 7) is 12.7. The number of fused-ring (bicyclic) bond motifs is 2. The summed E-state index contributed by atoms with van der Waals surface area (Å²) in [5, 5.41) is 0. The van der Waals surface area contributed by atoms with Gasteiger partial charge in [0, 0.05) is 23.8 Å². The van der Waals surface area contributed by atoms with E-state index in [9.17, 15) is 4.39 Å². The second-order valence-corrected chi connectivity index (χ2v) is 8.83. The first kappa shape index (κ1) is 24.3. The summed E-state index contributed by atoms with van der Waals surface area (Å²) in [7, 11) is 0. The van der Waals surface area contributed by atoms with Crippen molar-refractivity contribution in [1.82, 2.24) is 4.98 Å². The van der Waals surface area contributed by atoms with Crippen LogP contribution in [0.1, 0.15) is 97.5 Å². The van der Waals surface area contributed by atoms with Gasteiger partial charge < -0.3 is 0 Å². The Labute approximate surface area is 193 Å². The average Bonchev–Trinajstić information content (AvgIpc) is 3.06. The van der Waals surface area contributed by atoms with Crippen molar-refractivity contribution in [3.8, 4) is 0 Å². The number of nitrogens with zero attached hydrogens (tertiary/aromatic N) is 2. The molecule has 0 amide bonds. The lowest BCUT2D eigenvalue weighted by Crippen LogP contribution is -2.37. The molecule has 2 aromatic rings. The van der Waals surface area contributed by atoms with E-state index in [1.807, 2.05) is 20.8 Å². The smallest absolute Gasteiger partial charge is 0.149 e. The number of rotatable bonds is 6. The molecule has 0 spiro atoms. The number of hydrogen-bond donors (Lipinski definition) is 0. The monoisotopic (exact) mass is 440 g/mol. The van der Waals surface area contributed by atoms with Crippen LogP contribution in [0.5, 0.6) is 0 Å². The number of allylic oxidation sites excluding steroid dienone is 1. The zero-order chi connectivity index (χ0) is 23.5. The first-order valence-electron chi connectivity index (χ1n) is 12.1. The minimum atomic E-state index is -0.363. The quantitative estimate of drug-likeness (QED) is 0.441. The zero-order valence-corrected chi connectivity index (χ0v) is 20.4. The van der Waals surface area contributed by atoms with Crippen LogP contribution in [-0.4, -0.2) is 10.7 Å². The molecule has 0 fully saturated rings. The van der Waals surface area contributed by atoms with Crippen LogP contribution in [0.2, 0.25) is 0 Å². The van der Waals surface area contributed by atoms with E-state index in [0.717, 1.165) is 72.2 Å². The minimum Gasteiger partial charge on any atom is -0.258 e. The lowest BCUT2D eigenvalue weighted by molar-refractivity contribution is 0.330. The highest BCUT2D eigenvalue weighted by atomic mass is 19.1. The molecule has 32 heavy (non-hydrogen) atoms. The molecule has 2 heterocycles. The SMILES string of the molecule is CC.CCCC(CCC)C1(C)C(C)=Nc2c(F)cc(C3=CCCc4ncc(F)cc43)cc21.[HH]. The maximum Gasteiger partial charge on any atom is 0.149 e. The number of aliphatic imine (C=N–C) groups is 1. The molecule has 4 heteroatoms. The number of pyridine rings is 1. The molecule has 0 saturated heterocycles. The lowest BCUT2D eigenvalue weighted by atomic mass is 9.66. The Balaban J connectivity index is 0.00000125. The average molecular weight is 441 g/mol. The van der Waals surface area contributed by atoms with Crippen molar-refractivity contribution in [2.75, 3.05) is 0 Å². The number of hydrogen-bond acceptors (Lipinski definition) is 2. The molecule has 0 N–H and O–H groups in total. The van der Waals surface area contributed by atoms with Gasteiger partial charge in [0.1, 0.15) is 17.3 Å². The molecular weight excluding hydrogens is 402 g/mol. The van der Waals surface area contributed by atoms with Crippen LogP contribution >= 0.6 is 0 Å². The Kier molecular flexibility index (Phi) is 7.63. The first-order valence-corrected chi connectivity index (χ1v) is 12.1. The molecule has 1 aromatic carbocycles. The molecule has 1 unspecified atom stereocenters. The molecule has 0 saturated carbocycles. The van der Waals surface area contributed by atoms with Gasteiger partial charge in [-0.05, 0) is 80.3 Å². The zero-order valence-electron chi connectivity index (χ0n) is 20.4. The van der Waals surface area contributed by atoms with E-state index in [1.165, 1.54) is 12.3 Å². The molecule has 4 rings (SSSR count). The molecule has 2 nitrogen and oxygen atoms in total. The second-order valence-electron chi connectivity index (χ2n) is 8.83. The van der Waals surface area contributed by atoms with Gasteiger partial charge in [0.05, 0.1) is 6.20 Å². The second kappa shape index (κ2) is 10.1. The van der Waals surface area contributed by atoms with Gasteiger partial charge >= 0.3 is 0 Å². The minimum absolute atomic E-state index is 0. The van der Waals surface area contributed by atoms with Crippen LogP contribution in [0.3, 0.4) is 0 Å². The van der Waals surface area contributed by atoms with E-state index in [4.69, 9.17) is 0 Å².